The van der Waals surface area contributed by atoms with Gasteiger partial charge in [-0.3, -0.25) is 9.69 Å². The quantitative estimate of drug-likeness (QED) is 0.701. The fourth-order valence-electron chi connectivity index (χ4n) is 3.03. The zero-order valence-electron chi connectivity index (χ0n) is 14.1. The third-order valence-corrected chi connectivity index (χ3v) is 4.68. The molecular formula is C19H18ClN3O3. The number of halogens is 1. The Morgan fingerprint density at radius 1 is 1.19 bits per heavy atom. The summed E-state index contributed by atoms with van der Waals surface area (Å²) in [4.78, 5) is 20.8. The topological polar surface area (TPSA) is 62.7 Å². The molecule has 134 valence electrons. The molecule has 1 aliphatic rings. The number of aromatic nitrogens is 1. The van der Waals surface area contributed by atoms with Gasteiger partial charge in [-0.1, -0.05) is 23.7 Å². The van der Waals surface area contributed by atoms with Crippen molar-refractivity contribution in [1.29, 1.82) is 0 Å². The minimum absolute atomic E-state index is 0.0118. The van der Waals surface area contributed by atoms with Crippen molar-refractivity contribution in [1.82, 2.24) is 14.8 Å². The van der Waals surface area contributed by atoms with E-state index in [0.717, 1.165) is 18.7 Å². The lowest BCUT2D eigenvalue weighted by Crippen LogP contribution is -2.48. The molecule has 7 heteroatoms. The van der Waals surface area contributed by atoms with Crippen LogP contribution in [0.15, 0.2) is 57.9 Å². The number of furan rings is 1. The Morgan fingerprint density at radius 2 is 2.04 bits per heavy atom. The van der Waals surface area contributed by atoms with Crippen LogP contribution in [-0.4, -0.2) is 46.9 Å². The van der Waals surface area contributed by atoms with E-state index in [9.17, 15) is 4.79 Å². The molecule has 1 aromatic carbocycles. The number of amides is 1. The van der Waals surface area contributed by atoms with Crippen molar-refractivity contribution in [2.75, 3.05) is 26.2 Å². The first-order valence-corrected chi connectivity index (χ1v) is 8.81. The van der Waals surface area contributed by atoms with E-state index in [-0.39, 0.29) is 5.91 Å². The first kappa shape index (κ1) is 16.9. The van der Waals surface area contributed by atoms with Crippen molar-refractivity contribution in [3.63, 3.8) is 0 Å². The smallest absolute Gasteiger partial charge is 0.257 e. The highest BCUT2D eigenvalue weighted by atomic mass is 35.5. The van der Waals surface area contributed by atoms with E-state index >= 15 is 0 Å². The maximum atomic E-state index is 12.3. The van der Waals surface area contributed by atoms with Gasteiger partial charge >= 0.3 is 0 Å². The summed E-state index contributed by atoms with van der Waals surface area (Å²) in [7, 11) is 0. The Balaban J connectivity index is 1.34. The number of hydrogen-bond donors (Lipinski definition) is 0. The minimum atomic E-state index is 0.0118. The second-order valence-corrected chi connectivity index (χ2v) is 6.65. The van der Waals surface area contributed by atoms with Crippen LogP contribution >= 0.6 is 11.6 Å². The maximum absolute atomic E-state index is 12.3. The number of benzene rings is 1. The lowest BCUT2D eigenvalue weighted by molar-refractivity contribution is 0.0617. The Labute approximate surface area is 156 Å². The number of nitrogens with zero attached hydrogens (tertiary/aromatic N) is 3. The summed E-state index contributed by atoms with van der Waals surface area (Å²) in [5.41, 5.74) is 1.50. The van der Waals surface area contributed by atoms with Crippen molar-refractivity contribution in [3.05, 3.63) is 65.5 Å². The van der Waals surface area contributed by atoms with E-state index in [1.54, 1.807) is 12.3 Å². The second-order valence-electron chi connectivity index (χ2n) is 6.21. The predicted octanol–water partition coefficient (Wildman–Crippen LogP) is 3.55. The molecule has 3 aromatic rings. The Morgan fingerprint density at radius 3 is 2.77 bits per heavy atom. The molecule has 0 atom stereocenters. The fourth-order valence-corrected chi connectivity index (χ4v) is 3.22. The molecule has 0 bridgehead atoms. The van der Waals surface area contributed by atoms with Crippen molar-refractivity contribution in [3.8, 4) is 11.3 Å². The molecule has 1 saturated heterocycles. The maximum Gasteiger partial charge on any atom is 0.257 e. The molecule has 0 saturated carbocycles. The van der Waals surface area contributed by atoms with Gasteiger partial charge < -0.3 is 13.7 Å². The third-order valence-electron chi connectivity index (χ3n) is 4.45. The second kappa shape index (κ2) is 7.35. The van der Waals surface area contributed by atoms with Crippen molar-refractivity contribution >= 4 is 17.5 Å². The number of carbonyl (C=O) groups is 1. The molecule has 0 aliphatic carbocycles. The van der Waals surface area contributed by atoms with Crippen LogP contribution in [0.5, 0.6) is 0 Å². The van der Waals surface area contributed by atoms with Crippen molar-refractivity contribution < 1.29 is 13.6 Å². The van der Waals surface area contributed by atoms with Gasteiger partial charge in [0.05, 0.1) is 24.6 Å². The zero-order valence-corrected chi connectivity index (χ0v) is 14.9. The van der Waals surface area contributed by atoms with Crippen LogP contribution in [0, 0.1) is 0 Å². The van der Waals surface area contributed by atoms with Gasteiger partial charge in [-0.15, -0.1) is 0 Å². The number of piperazine rings is 1. The van der Waals surface area contributed by atoms with Gasteiger partial charge in [0.1, 0.15) is 6.26 Å². The van der Waals surface area contributed by atoms with Gasteiger partial charge in [-0.2, -0.15) is 0 Å². The highest BCUT2D eigenvalue weighted by molar-refractivity contribution is 6.30. The van der Waals surface area contributed by atoms with Gasteiger partial charge in [0.25, 0.3) is 5.91 Å². The van der Waals surface area contributed by atoms with E-state index in [1.807, 2.05) is 29.2 Å². The zero-order chi connectivity index (χ0) is 17.9. The highest BCUT2D eigenvalue weighted by Crippen LogP contribution is 2.24. The molecular weight excluding hydrogens is 354 g/mol. The average molecular weight is 372 g/mol. The summed E-state index contributed by atoms with van der Waals surface area (Å²) < 4.78 is 10.8. The van der Waals surface area contributed by atoms with Gasteiger partial charge in [0.15, 0.2) is 5.76 Å². The summed E-state index contributed by atoms with van der Waals surface area (Å²) in [6.07, 6.45) is 4.72. The summed E-state index contributed by atoms with van der Waals surface area (Å²) >= 11 is 6.02. The molecule has 6 nitrogen and oxygen atoms in total. The molecule has 26 heavy (non-hydrogen) atoms. The van der Waals surface area contributed by atoms with Crippen LogP contribution in [0.4, 0.5) is 0 Å². The summed E-state index contributed by atoms with van der Waals surface area (Å²) in [5, 5.41) is 0.666. The lowest BCUT2D eigenvalue weighted by Gasteiger charge is -2.33. The van der Waals surface area contributed by atoms with Crippen LogP contribution in [0.2, 0.25) is 5.02 Å². The average Bonchev–Trinajstić information content (AvgIpc) is 3.34. The monoisotopic (exact) mass is 371 g/mol. The van der Waals surface area contributed by atoms with Crippen LogP contribution < -0.4 is 0 Å². The Bertz CT molecular complexity index is 883. The molecule has 0 spiro atoms. The molecule has 2 aromatic heterocycles. The molecule has 1 aliphatic heterocycles. The van der Waals surface area contributed by atoms with E-state index in [1.165, 1.54) is 12.5 Å². The molecule has 1 fully saturated rings. The molecule has 0 unspecified atom stereocenters. The first-order chi connectivity index (χ1) is 12.7. The van der Waals surface area contributed by atoms with E-state index in [2.05, 4.69) is 9.88 Å². The number of carbonyl (C=O) groups excluding carboxylic acids is 1. The normalized spacial score (nSPS) is 15.3. The molecule has 0 N–H and O–H groups in total. The van der Waals surface area contributed by atoms with Gasteiger partial charge in [0, 0.05) is 36.8 Å². The van der Waals surface area contributed by atoms with Crippen LogP contribution in [0.3, 0.4) is 0 Å². The van der Waals surface area contributed by atoms with Crippen LogP contribution in [-0.2, 0) is 6.54 Å². The number of hydrogen-bond acceptors (Lipinski definition) is 5. The van der Waals surface area contributed by atoms with Crippen LogP contribution in [0.25, 0.3) is 11.3 Å². The largest absolute Gasteiger partial charge is 0.472 e. The Hall–Kier alpha value is -2.57. The molecule has 1 amide bonds. The third kappa shape index (κ3) is 3.66. The van der Waals surface area contributed by atoms with E-state index in [4.69, 9.17) is 20.4 Å². The summed E-state index contributed by atoms with van der Waals surface area (Å²) in [5.74, 6) is 1.38. The molecule has 4 rings (SSSR count). The SMILES string of the molecule is O=C(c1ccoc1)N1CCN(Cc2ncc(-c3cccc(Cl)c3)o2)CC1. The van der Waals surface area contributed by atoms with Crippen LogP contribution in [0.1, 0.15) is 16.2 Å². The first-order valence-electron chi connectivity index (χ1n) is 8.43. The number of rotatable bonds is 4. The van der Waals surface area contributed by atoms with E-state index < -0.39 is 0 Å². The summed E-state index contributed by atoms with van der Waals surface area (Å²) in [6.45, 7) is 3.52. The summed E-state index contributed by atoms with van der Waals surface area (Å²) in [6, 6.07) is 9.20. The number of oxazole rings is 1. The van der Waals surface area contributed by atoms with Gasteiger partial charge in [0.2, 0.25) is 5.89 Å². The minimum Gasteiger partial charge on any atom is -0.472 e. The fraction of sp³-hybridized carbons (Fsp3) is 0.263. The predicted molar refractivity (Wildman–Crippen MR) is 96.8 cm³/mol. The van der Waals surface area contributed by atoms with Gasteiger partial charge in [-0.05, 0) is 18.2 Å². The van der Waals surface area contributed by atoms with Gasteiger partial charge in [-0.25, -0.2) is 4.98 Å². The Kier molecular flexibility index (Phi) is 4.77. The molecule has 3 heterocycles. The molecule has 0 radical (unpaired) electrons. The highest BCUT2D eigenvalue weighted by Gasteiger charge is 2.23. The van der Waals surface area contributed by atoms with Crippen molar-refractivity contribution in [2.24, 2.45) is 0 Å². The lowest BCUT2D eigenvalue weighted by atomic mass is 10.2. The standard InChI is InChI=1S/C19H18ClN3O3/c20-16-3-1-2-14(10-16)17-11-21-18(26-17)12-22-5-7-23(8-6-22)19(24)15-4-9-25-13-15/h1-4,9-11,13H,5-8,12H2. The van der Waals surface area contributed by atoms with E-state index in [0.29, 0.717) is 41.9 Å². The van der Waals surface area contributed by atoms with Crippen molar-refractivity contribution in [2.45, 2.75) is 6.54 Å².